The third-order valence-electron chi connectivity index (χ3n) is 3.52. The Kier molecular flexibility index (Phi) is 5.86. The van der Waals surface area contributed by atoms with Gasteiger partial charge in [-0.2, -0.15) is 23.3 Å². The van der Waals surface area contributed by atoms with Gasteiger partial charge in [0.1, 0.15) is 5.75 Å². The first-order valence-electron chi connectivity index (χ1n) is 7.35. The molecule has 0 bridgehead atoms. The fourth-order valence-electron chi connectivity index (χ4n) is 2.32. The van der Waals surface area contributed by atoms with Gasteiger partial charge in [-0.15, -0.1) is 0 Å². The van der Waals surface area contributed by atoms with E-state index in [-0.39, 0.29) is 27.9 Å². The van der Waals surface area contributed by atoms with E-state index in [1.54, 1.807) is 6.92 Å². The Morgan fingerprint density at radius 2 is 2.12 bits per heavy atom. The van der Waals surface area contributed by atoms with Crippen LogP contribution >= 0.6 is 23.2 Å². The Morgan fingerprint density at radius 1 is 1.44 bits per heavy atom. The van der Waals surface area contributed by atoms with Crippen molar-refractivity contribution in [3.63, 3.8) is 0 Å². The number of nitrogens with zero attached hydrogens (tertiary/aromatic N) is 2. The summed E-state index contributed by atoms with van der Waals surface area (Å²) in [5, 5.41) is 14.1. The van der Waals surface area contributed by atoms with E-state index < -0.39 is 30.8 Å². The summed E-state index contributed by atoms with van der Waals surface area (Å²) in [6.07, 6.45) is -5.06. The number of amides is 1. The van der Waals surface area contributed by atoms with Gasteiger partial charge in [0.25, 0.3) is 11.6 Å². The maximum Gasteiger partial charge on any atom is 0.438 e. The molecular formula is C15H15Cl2F3N2O3. The van der Waals surface area contributed by atoms with Gasteiger partial charge in [0.2, 0.25) is 0 Å². The molecule has 25 heavy (non-hydrogen) atoms. The summed E-state index contributed by atoms with van der Waals surface area (Å²) in [5.74, 6) is -1.07. The zero-order valence-electron chi connectivity index (χ0n) is 13.1. The van der Waals surface area contributed by atoms with Crippen molar-refractivity contribution in [2.45, 2.75) is 38.1 Å². The largest absolute Gasteiger partial charge is 0.482 e. The maximum atomic E-state index is 13.2. The van der Waals surface area contributed by atoms with E-state index in [4.69, 9.17) is 27.9 Å². The summed E-state index contributed by atoms with van der Waals surface area (Å²) in [5.41, 5.74) is -3.28. The number of rotatable bonds is 5. The minimum Gasteiger partial charge on any atom is -0.482 e. The highest BCUT2D eigenvalue weighted by Gasteiger charge is 2.63. The van der Waals surface area contributed by atoms with Crippen LogP contribution in [0.1, 0.15) is 26.2 Å². The molecule has 1 amide bonds. The smallest absolute Gasteiger partial charge is 0.438 e. The van der Waals surface area contributed by atoms with E-state index in [0.29, 0.717) is 11.4 Å². The van der Waals surface area contributed by atoms with Crippen molar-refractivity contribution in [1.82, 2.24) is 5.01 Å². The fourth-order valence-corrected chi connectivity index (χ4v) is 2.78. The van der Waals surface area contributed by atoms with Crippen LogP contribution in [0.4, 0.5) is 13.2 Å². The summed E-state index contributed by atoms with van der Waals surface area (Å²) >= 11 is 11.6. The minimum absolute atomic E-state index is 0.0435. The lowest BCUT2D eigenvalue weighted by molar-refractivity contribution is -0.302. The molecular weight excluding hydrogens is 384 g/mol. The van der Waals surface area contributed by atoms with Gasteiger partial charge in [-0.25, -0.2) is 0 Å². The number of hydrogen-bond donors (Lipinski definition) is 1. The monoisotopic (exact) mass is 398 g/mol. The molecule has 0 aromatic heterocycles. The van der Waals surface area contributed by atoms with E-state index in [9.17, 15) is 23.1 Å². The second-order valence-electron chi connectivity index (χ2n) is 5.48. The van der Waals surface area contributed by atoms with Crippen molar-refractivity contribution in [3.8, 4) is 5.75 Å². The van der Waals surface area contributed by atoms with Crippen LogP contribution in [0, 0.1) is 0 Å². The normalized spacial score (nSPS) is 20.6. The fraction of sp³-hybridized carbons (Fsp3) is 0.467. The standard InChI is InChI=1S/C15H15Cl2F3N2O3/c1-2-3-10-7-14(24,15(18,19)20)22(21-10)13(23)8-25-12-5-4-9(16)6-11(12)17/h4-6,24H,2-3,7-8H2,1H3/t14-/m1/s1. The SMILES string of the molecule is CCCC1=NN(C(=O)COc2ccc(Cl)cc2Cl)[C@](O)(C(F)(F)F)C1. The Labute approximate surface area is 152 Å². The molecule has 5 nitrogen and oxygen atoms in total. The number of aliphatic hydroxyl groups is 1. The third kappa shape index (κ3) is 4.19. The van der Waals surface area contributed by atoms with Gasteiger partial charge in [0, 0.05) is 17.2 Å². The van der Waals surface area contributed by atoms with E-state index in [0.717, 1.165) is 0 Å². The van der Waals surface area contributed by atoms with Crippen LogP contribution in [0.5, 0.6) is 5.75 Å². The van der Waals surface area contributed by atoms with Crippen LogP contribution in [-0.2, 0) is 4.79 Å². The molecule has 0 unspecified atom stereocenters. The molecule has 0 fully saturated rings. The second kappa shape index (κ2) is 7.39. The zero-order valence-corrected chi connectivity index (χ0v) is 14.6. The van der Waals surface area contributed by atoms with Crippen LogP contribution < -0.4 is 4.74 Å². The molecule has 0 saturated heterocycles. The Hall–Kier alpha value is -1.51. The molecule has 1 aliphatic heterocycles. The highest BCUT2D eigenvalue weighted by atomic mass is 35.5. The summed E-state index contributed by atoms with van der Waals surface area (Å²) in [7, 11) is 0. The zero-order chi connectivity index (χ0) is 18.8. The summed E-state index contributed by atoms with van der Waals surface area (Å²) in [6, 6.07) is 4.19. The summed E-state index contributed by atoms with van der Waals surface area (Å²) in [4.78, 5) is 12.2. The maximum absolute atomic E-state index is 13.2. The lowest BCUT2D eigenvalue weighted by atomic mass is 10.0. The molecule has 1 aromatic carbocycles. The molecule has 2 rings (SSSR count). The first-order valence-corrected chi connectivity index (χ1v) is 8.10. The van der Waals surface area contributed by atoms with Crippen LogP contribution in [-0.4, -0.2) is 40.2 Å². The third-order valence-corrected chi connectivity index (χ3v) is 4.05. The Balaban J connectivity index is 2.16. The van der Waals surface area contributed by atoms with Crippen LogP contribution in [0.25, 0.3) is 0 Å². The lowest BCUT2D eigenvalue weighted by Gasteiger charge is -2.32. The summed E-state index contributed by atoms with van der Waals surface area (Å²) in [6.45, 7) is 0.980. The van der Waals surface area contributed by atoms with E-state index in [1.807, 2.05) is 0 Å². The number of carbonyl (C=O) groups is 1. The van der Waals surface area contributed by atoms with Crippen molar-refractivity contribution < 1.29 is 27.8 Å². The molecule has 138 valence electrons. The number of hydrogen-bond acceptors (Lipinski definition) is 4. The van der Waals surface area contributed by atoms with Crippen LogP contribution in [0.2, 0.25) is 10.0 Å². The van der Waals surface area contributed by atoms with Crippen molar-refractivity contribution in [2.75, 3.05) is 6.61 Å². The van der Waals surface area contributed by atoms with Gasteiger partial charge < -0.3 is 9.84 Å². The molecule has 0 radical (unpaired) electrons. The number of alkyl halides is 3. The number of benzene rings is 1. The van der Waals surface area contributed by atoms with Crippen LogP contribution in [0.3, 0.4) is 0 Å². The molecule has 0 spiro atoms. The van der Waals surface area contributed by atoms with Gasteiger partial charge in [0.15, 0.2) is 6.61 Å². The second-order valence-corrected chi connectivity index (χ2v) is 6.32. The van der Waals surface area contributed by atoms with E-state index in [2.05, 4.69) is 5.10 Å². The molecule has 0 saturated carbocycles. The number of ether oxygens (including phenoxy) is 1. The van der Waals surface area contributed by atoms with Crippen LogP contribution in [0.15, 0.2) is 23.3 Å². The molecule has 0 aliphatic carbocycles. The minimum atomic E-state index is -5.06. The molecule has 1 atom stereocenters. The van der Waals surface area contributed by atoms with E-state index in [1.165, 1.54) is 18.2 Å². The van der Waals surface area contributed by atoms with Crippen molar-refractivity contribution >= 4 is 34.8 Å². The Bertz CT molecular complexity index is 697. The van der Waals surface area contributed by atoms with Crippen molar-refractivity contribution in [1.29, 1.82) is 0 Å². The van der Waals surface area contributed by atoms with E-state index >= 15 is 0 Å². The molecule has 1 heterocycles. The lowest BCUT2D eigenvalue weighted by Crippen LogP contribution is -2.57. The van der Waals surface area contributed by atoms with Crippen molar-refractivity contribution in [2.24, 2.45) is 5.10 Å². The molecule has 1 aromatic rings. The average molecular weight is 399 g/mol. The topological polar surface area (TPSA) is 62.1 Å². The van der Waals surface area contributed by atoms with Gasteiger partial charge in [-0.05, 0) is 24.6 Å². The first-order chi connectivity index (χ1) is 11.6. The first kappa shape index (κ1) is 19.8. The highest BCUT2D eigenvalue weighted by Crippen LogP contribution is 2.41. The van der Waals surface area contributed by atoms with Gasteiger partial charge >= 0.3 is 6.18 Å². The van der Waals surface area contributed by atoms with Gasteiger partial charge in [-0.3, -0.25) is 4.79 Å². The van der Waals surface area contributed by atoms with Gasteiger partial charge in [0.05, 0.1) is 5.02 Å². The summed E-state index contributed by atoms with van der Waals surface area (Å²) < 4.78 is 44.9. The average Bonchev–Trinajstić information content (AvgIpc) is 2.84. The number of halogens is 5. The van der Waals surface area contributed by atoms with Gasteiger partial charge in [-0.1, -0.05) is 36.5 Å². The highest BCUT2D eigenvalue weighted by molar-refractivity contribution is 6.35. The molecule has 10 heteroatoms. The predicted octanol–water partition coefficient (Wildman–Crippen LogP) is 4.01. The predicted molar refractivity (Wildman–Crippen MR) is 86.8 cm³/mol. The number of hydrazone groups is 1. The Morgan fingerprint density at radius 3 is 2.68 bits per heavy atom. The quantitative estimate of drug-likeness (QED) is 0.814. The molecule has 1 aliphatic rings. The number of carbonyl (C=O) groups excluding carboxylic acids is 1. The molecule has 1 N–H and O–H groups in total. The van der Waals surface area contributed by atoms with Crippen molar-refractivity contribution in [3.05, 3.63) is 28.2 Å².